The molecule has 20 heavy (non-hydrogen) atoms. The van der Waals surface area contributed by atoms with Gasteiger partial charge in [-0.2, -0.15) is 0 Å². The minimum atomic E-state index is 0.130. The van der Waals surface area contributed by atoms with Crippen molar-refractivity contribution in [3.63, 3.8) is 0 Å². The topological polar surface area (TPSA) is 41.5 Å². The summed E-state index contributed by atoms with van der Waals surface area (Å²) in [6.07, 6.45) is 0.881. The number of hydrogen-bond acceptors (Lipinski definition) is 3. The largest absolute Gasteiger partial charge is 0.508 e. The Labute approximate surface area is 120 Å². The van der Waals surface area contributed by atoms with Gasteiger partial charge < -0.3 is 15.2 Å². The highest BCUT2D eigenvalue weighted by Gasteiger charge is 2.08. The van der Waals surface area contributed by atoms with Crippen LogP contribution in [0.2, 0.25) is 0 Å². The Morgan fingerprint density at radius 1 is 1.15 bits per heavy atom. The van der Waals surface area contributed by atoms with Gasteiger partial charge in [-0.3, -0.25) is 0 Å². The van der Waals surface area contributed by atoms with Crippen LogP contribution < -0.4 is 5.32 Å². The summed E-state index contributed by atoms with van der Waals surface area (Å²) in [4.78, 5) is 0. The second-order valence-electron chi connectivity index (χ2n) is 4.86. The number of methoxy groups -OCH3 is 1. The average Bonchev–Trinajstić information content (AvgIpc) is 2.46. The van der Waals surface area contributed by atoms with Crippen molar-refractivity contribution in [3.8, 4) is 5.75 Å². The zero-order chi connectivity index (χ0) is 14.4. The van der Waals surface area contributed by atoms with Gasteiger partial charge >= 0.3 is 0 Å². The van der Waals surface area contributed by atoms with Crippen LogP contribution in [0.1, 0.15) is 24.1 Å². The van der Waals surface area contributed by atoms with Crippen LogP contribution in [-0.4, -0.2) is 18.8 Å². The van der Waals surface area contributed by atoms with Crippen molar-refractivity contribution in [2.45, 2.75) is 19.4 Å². The summed E-state index contributed by atoms with van der Waals surface area (Å²) in [5, 5.41) is 13.1. The Morgan fingerprint density at radius 3 is 2.70 bits per heavy atom. The highest BCUT2D eigenvalue weighted by Crippen LogP contribution is 2.24. The Hall–Kier alpha value is -2.00. The number of rotatable bonds is 6. The maximum absolute atomic E-state index is 9.55. The molecule has 2 aromatic rings. The van der Waals surface area contributed by atoms with E-state index in [1.54, 1.807) is 19.2 Å². The van der Waals surface area contributed by atoms with Crippen LogP contribution in [0.4, 0.5) is 5.69 Å². The second kappa shape index (κ2) is 6.96. The lowest BCUT2D eigenvalue weighted by molar-refractivity contribution is 0.202. The monoisotopic (exact) mass is 271 g/mol. The summed E-state index contributed by atoms with van der Waals surface area (Å²) in [5.41, 5.74) is 3.41. The molecule has 1 atom stereocenters. The van der Waals surface area contributed by atoms with Gasteiger partial charge in [-0.05, 0) is 42.7 Å². The van der Waals surface area contributed by atoms with Gasteiger partial charge in [0.2, 0.25) is 0 Å². The van der Waals surface area contributed by atoms with Crippen LogP contribution in [0.25, 0.3) is 0 Å². The predicted octanol–water partition coefficient (Wildman–Crippen LogP) is 3.75. The molecule has 0 aliphatic carbocycles. The van der Waals surface area contributed by atoms with Crippen LogP contribution in [-0.2, 0) is 11.2 Å². The molecule has 2 rings (SSSR count). The van der Waals surface area contributed by atoms with Crippen molar-refractivity contribution >= 4 is 5.69 Å². The van der Waals surface area contributed by atoms with Crippen molar-refractivity contribution in [2.24, 2.45) is 0 Å². The fourth-order valence-electron chi connectivity index (χ4n) is 2.20. The van der Waals surface area contributed by atoms with E-state index in [4.69, 9.17) is 4.74 Å². The minimum absolute atomic E-state index is 0.130. The van der Waals surface area contributed by atoms with E-state index in [-0.39, 0.29) is 6.04 Å². The molecule has 3 heteroatoms. The zero-order valence-corrected chi connectivity index (χ0v) is 12.0. The fourth-order valence-corrected chi connectivity index (χ4v) is 2.20. The summed E-state index contributed by atoms with van der Waals surface area (Å²) in [7, 11) is 1.71. The van der Waals surface area contributed by atoms with Crippen LogP contribution in [0.5, 0.6) is 5.75 Å². The van der Waals surface area contributed by atoms with E-state index in [2.05, 4.69) is 24.4 Å². The van der Waals surface area contributed by atoms with Gasteiger partial charge in [0.05, 0.1) is 6.61 Å². The second-order valence-corrected chi connectivity index (χ2v) is 4.86. The molecule has 3 nitrogen and oxygen atoms in total. The maximum Gasteiger partial charge on any atom is 0.115 e. The molecule has 0 aliphatic rings. The lowest BCUT2D eigenvalue weighted by Gasteiger charge is -2.18. The zero-order valence-electron chi connectivity index (χ0n) is 12.0. The number of hydrogen-bond donors (Lipinski definition) is 2. The van der Waals surface area contributed by atoms with E-state index in [0.29, 0.717) is 12.4 Å². The number of para-hydroxylation sites is 1. The molecule has 0 aliphatic heterocycles. The summed E-state index contributed by atoms with van der Waals surface area (Å²) in [6.45, 7) is 2.79. The van der Waals surface area contributed by atoms with E-state index in [1.165, 1.54) is 5.56 Å². The Balaban J connectivity index is 2.13. The van der Waals surface area contributed by atoms with Gasteiger partial charge in [0, 0.05) is 18.8 Å². The number of phenols is 1. The molecule has 0 bridgehead atoms. The molecule has 106 valence electrons. The highest BCUT2D eigenvalue weighted by molar-refractivity contribution is 5.53. The predicted molar refractivity (Wildman–Crippen MR) is 82.2 cm³/mol. The number of anilines is 1. The number of phenolic OH excluding ortho intramolecular Hbond substituents is 1. The standard InChI is InChI=1S/C17H21NO2/c1-13(15-7-5-8-16(19)12-15)18-17-9-4-3-6-14(17)10-11-20-2/h3-9,12-13,18-19H,10-11H2,1-2H3. The maximum atomic E-state index is 9.55. The third-order valence-corrected chi connectivity index (χ3v) is 3.34. The summed E-state index contributed by atoms with van der Waals surface area (Å²) < 4.78 is 5.15. The van der Waals surface area contributed by atoms with E-state index in [1.807, 2.05) is 24.3 Å². The first-order chi connectivity index (χ1) is 9.70. The molecule has 1 unspecified atom stereocenters. The molecule has 0 amide bonds. The Bertz CT molecular complexity index is 554. The summed E-state index contributed by atoms with van der Waals surface area (Å²) in [5.74, 6) is 0.295. The molecule has 0 radical (unpaired) electrons. The van der Waals surface area contributed by atoms with E-state index >= 15 is 0 Å². The molecule has 2 aromatic carbocycles. The molecule has 0 spiro atoms. The first kappa shape index (κ1) is 14.4. The van der Waals surface area contributed by atoms with E-state index in [9.17, 15) is 5.11 Å². The Morgan fingerprint density at radius 2 is 1.95 bits per heavy atom. The first-order valence-corrected chi connectivity index (χ1v) is 6.83. The fraction of sp³-hybridized carbons (Fsp3) is 0.294. The van der Waals surface area contributed by atoms with Gasteiger partial charge in [-0.1, -0.05) is 30.3 Å². The van der Waals surface area contributed by atoms with Crippen molar-refractivity contribution < 1.29 is 9.84 Å². The number of benzene rings is 2. The average molecular weight is 271 g/mol. The number of aromatic hydroxyl groups is 1. The first-order valence-electron chi connectivity index (χ1n) is 6.83. The van der Waals surface area contributed by atoms with Gasteiger partial charge in [0.15, 0.2) is 0 Å². The molecule has 0 saturated heterocycles. The molecular formula is C17H21NO2. The molecule has 0 saturated carbocycles. The van der Waals surface area contributed by atoms with Crippen molar-refractivity contribution in [3.05, 3.63) is 59.7 Å². The molecule has 2 N–H and O–H groups in total. The molecule has 0 fully saturated rings. The third kappa shape index (κ3) is 3.75. The summed E-state index contributed by atoms with van der Waals surface area (Å²) in [6, 6.07) is 15.7. The van der Waals surface area contributed by atoms with Crippen molar-refractivity contribution in [1.29, 1.82) is 0 Å². The summed E-state index contributed by atoms with van der Waals surface area (Å²) >= 11 is 0. The Kier molecular flexibility index (Phi) is 5.02. The van der Waals surface area contributed by atoms with Gasteiger partial charge in [-0.25, -0.2) is 0 Å². The quantitative estimate of drug-likeness (QED) is 0.840. The number of ether oxygens (including phenoxy) is 1. The lowest BCUT2D eigenvalue weighted by Crippen LogP contribution is -2.09. The van der Waals surface area contributed by atoms with Gasteiger partial charge in [0.25, 0.3) is 0 Å². The van der Waals surface area contributed by atoms with Crippen molar-refractivity contribution in [1.82, 2.24) is 0 Å². The third-order valence-electron chi connectivity index (χ3n) is 3.34. The molecular weight excluding hydrogens is 250 g/mol. The smallest absolute Gasteiger partial charge is 0.115 e. The van der Waals surface area contributed by atoms with Crippen LogP contribution in [0.15, 0.2) is 48.5 Å². The van der Waals surface area contributed by atoms with Crippen LogP contribution in [0.3, 0.4) is 0 Å². The normalized spacial score (nSPS) is 12.1. The van der Waals surface area contributed by atoms with Crippen molar-refractivity contribution in [2.75, 3.05) is 19.0 Å². The van der Waals surface area contributed by atoms with Crippen LogP contribution >= 0.6 is 0 Å². The van der Waals surface area contributed by atoms with Gasteiger partial charge in [0.1, 0.15) is 5.75 Å². The van der Waals surface area contributed by atoms with E-state index < -0.39 is 0 Å². The highest BCUT2D eigenvalue weighted by atomic mass is 16.5. The van der Waals surface area contributed by atoms with E-state index in [0.717, 1.165) is 17.7 Å². The van der Waals surface area contributed by atoms with Gasteiger partial charge in [-0.15, -0.1) is 0 Å². The minimum Gasteiger partial charge on any atom is -0.508 e. The SMILES string of the molecule is COCCc1ccccc1NC(C)c1cccc(O)c1. The lowest BCUT2D eigenvalue weighted by atomic mass is 10.1. The molecule has 0 aromatic heterocycles. The van der Waals surface area contributed by atoms with Crippen LogP contribution in [0, 0.1) is 0 Å². The number of nitrogens with one attached hydrogen (secondary N) is 1. The molecule has 0 heterocycles.